The van der Waals surface area contributed by atoms with Gasteiger partial charge in [-0.05, 0) is 37.0 Å². The molecule has 9 heteroatoms. The largest absolute Gasteiger partial charge is 0.492 e. The lowest BCUT2D eigenvalue weighted by Gasteiger charge is -2.33. The van der Waals surface area contributed by atoms with Gasteiger partial charge in [-0.25, -0.2) is 4.98 Å². The molecule has 1 fully saturated rings. The minimum Gasteiger partial charge on any atom is -0.492 e. The number of hydrogen-bond acceptors (Lipinski definition) is 4. The summed E-state index contributed by atoms with van der Waals surface area (Å²) in [4.78, 5) is 14.1. The highest BCUT2D eigenvalue weighted by atomic mass is 19.4. The Morgan fingerprint density at radius 3 is 2.77 bits per heavy atom. The van der Waals surface area contributed by atoms with Gasteiger partial charge in [-0.15, -0.1) is 4.99 Å². The second-order valence-corrected chi connectivity index (χ2v) is 7.55. The van der Waals surface area contributed by atoms with Crippen molar-refractivity contribution in [1.29, 1.82) is 0 Å². The van der Waals surface area contributed by atoms with Crippen molar-refractivity contribution in [3.05, 3.63) is 47.9 Å². The number of alkyl halides is 3. The van der Waals surface area contributed by atoms with Crippen LogP contribution >= 0.6 is 0 Å². The summed E-state index contributed by atoms with van der Waals surface area (Å²) in [6.45, 7) is 1.86. The Morgan fingerprint density at radius 1 is 1.17 bits per heavy atom. The number of ether oxygens (including phenoxy) is 2. The molecule has 2 aliphatic rings. The molecule has 0 amide bonds. The van der Waals surface area contributed by atoms with Gasteiger partial charge in [-0.2, -0.15) is 13.2 Å². The van der Waals surface area contributed by atoms with Crippen LogP contribution in [-0.2, 0) is 10.9 Å². The van der Waals surface area contributed by atoms with Gasteiger partial charge in [0, 0.05) is 13.2 Å². The number of rotatable bonds is 2. The third-order valence-electron chi connectivity index (χ3n) is 5.75. The molecule has 0 spiro atoms. The van der Waals surface area contributed by atoms with E-state index in [1.807, 2.05) is 24.3 Å². The van der Waals surface area contributed by atoms with Crippen molar-refractivity contribution in [1.82, 2.24) is 9.97 Å². The van der Waals surface area contributed by atoms with Crippen LogP contribution in [0.15, 0.2) is 41.7 Å². The molecular formula is C21H20F3N4O2+. The van der Waals surface area contributed by atoms with Gasteiger partial charge in [0.2, 0.25) is 12.0 Å². The Bertz CT molecular complexity index is 1100. The van der Waals surface area contributed by atoms with Crippen molar-refractivity contribution < 1.29 is 27.6 Å². The van der Waals surface area contributed by atoms with Crippen LogP contribution in [0.3, 0.4) is 0 Å². The standard InChI is InChI=1S/C21H19F3N4O2/c22-21(23,24)17-9-14-19(27-17)25-11-26-20(14)28-18-13-3-1-2-4-16(13)30-10-15(18)12-5-7-29-8-6-12/h1-4,9,11-12,15H,5-8,10H2,(H,25,26,27)/p+1/b28-18+/t15-/m0/s1. The number of hydrogen-bond donors (Lipinski definition) is 1. The number of H-pyrrole nitrogens is 2. The molecule has 0 radical (unpaired) electrons. The van der Waals surface area contributed by atoms with Gasteiger partial charge < -0.3 is 14.5 Å². The number of halogens is 3. The lowest BCUT2D eigenvalue weighted by Crippen LogP contribution is -2.37. The van der Waals surface area contributed by atoms with Gasteiger partial charge in [0.25, 0.3) is 5.82 Å². The Hall–Kier alpha value is -2.94. The maximum absolute atomic E-state index is 13.2. The summed E-state index contributed by atoms with van der Waals surface area (Å²) >= 11 is 0. The van der Waals surface area contributed by atoms with Crippen molar-refractivity contribution >= 4 is 22.6 Å². The fraction of sp³-hybridized carbons (Fsp3) is 0.381. The zero-order valence-corrected chi connectivity index (χ0v) is 16.0. The molecule has 0 unspecified atom stereocenters. The Labute approximate surface area is 170 Å². The van der Waals surface area contributed by atoms with E-state index < -0.39 is 11.9 Å². The smallest absolute Gasteiger partial charge is 0.431 e. The molecule has 0 aliphatic carbocycles. The molecule has 30 heavy (non-hydrogen) atoms. The van der Waals surface area contributed by atoms with Crippen LogP contribution in [0.1, 0.15) is 24.1 Å². The van der Waals surface area contributed by atoms with E-state index in [9.17, 15) is 13.2 Å². The number of aromatic amines is 2. The lowest BCUT2D eigenvalue weighted by atomic mass is 9.79. The van der Waals surface area contributed by atoms with E-state index in [0.29, 0.717) is 36.9 Å². The van der Waals surface area contributed by atoms with Crippen LogP contribution in [0, 0.1) is 11.8 Å². The normalized spacial score (nSPS) is 21.6. The van der Waals surface area contributed by atoms with Crippen molar-refractivity contribution in [2.24, 2.45) is 16.8 Å². The van der Waals surface area contributed by atoms with Crippen LogP contribution in [0.2, 0.25) is 0 Å². The second kappa shape index (κ2) is 7.39. The molecule has 0 saturated carbocycles. The van der Waals surface area contributed by atoms with Crippen LogP contribution in [0.5, 0.6) is 5.75 Å². The Morgan fingerprint density at radius 2 is 1.97 bits per heavy atom. The van der Waals surface area contributed by atoms with E-state index in [-0.39, 0.29) is 11.6 Å². The third-order valence-corrected chi connectivity index (χ3v) is 5.75. The predicted octanol–water partition coefficient (Wildman–Crippen LogP) is 3.95. The molecule has 2 aromatic heterocycles. The first-order chi connectivity index (χ1) is 14.5. The van der Waals surface area contributed by atoms with Crippen LogP contribution in [0.25, 0.3) is 11.0 Å². The molecule has 1 atom stereocenters. The molecule has 2 N–H and O–H groups in total. The number of aliphatic imine (C=N–C) groups is 1. The highest BCUT2D eigenvalue weighted by molar-refractivity contribution is 6.07. The van der Waals surface area contributed by atoms with Gasteiger partial charge >= 0.3 is 6.18 Å². The highest BCUT2D eigenvalue weighted by Gasteiger charge is 2.37. The van der Waals surface area contributed by atoms with Crippen molar-refractivity contribution in [3.63, 3.8) is 0 Å². The number of aromatic nitrogens is 3. The second-order valence-electron chi connectivity index (χ2n) is 7.55. The maximum atomic E-state index is 13.2. The van der Waals surface area contributed by atoms with Crippen LogP contribution in [0.4, 0.5) is 19.0 Å². The van der Waals surface area contributed by atoms with E-state index >= 15 is 0 Å². The molecule has 4 heterocycles. The Kier molecular flexibility index (Phi) is 4.69. The molecule has 5 rings (SSSR count). The summed E-state index contributed by atoms with van der Waals surface area (Å²) < 4.78 is 51.0. The van der Waals surface area contributed by atoms with E-state index in [0.717, 1.165) is 35.9 Å². The molecule has 1 aromatic carbocycles. The summed E-state index contributed by atoms with van der Waals surface area (Å²) in [6.07, 6.45) is -1.34. The number of fused-ring (bicyclic) bond motifs is 2. The molecule has 156 valence electrons. The molecule has 1 saturated heterocycles. The topological polar surface area (TPSA) is 73.6 Å². The minimum absolute atomic E-state index is 0.0291. The van der Waals surface area contributed by atoms with Gasteiger partial charge in [0.15, 0.2) is 0 Å². The van der Waals surface area contributed by atoms with Crippen molar-refractivity contribution in [2.45, 2.75) is 19.0 Å². The first-order valence-electron chi connectivity index (χ1n) is 9.86. The van der Waals surface area contributed by atoms with E-state index in [1.165, 1.54) is 6.33 Å². The van der Waals surface area contributed by atoms with Gasteiger partial charge in [0.1, 0.15) is 22.5 Å². The van der Waals surface area contributed by atoms with E-state index in [1.54, 1.807) is 0 Å². The zero-order valence-electron chi connectivity index (χ0n) is 16.0. The first-order valence-corrected chi connectivity index (χ1v) is 9.86. The summed E-state index contributed by atoms with van der Waals surface area (Å²) in [6, 6.07) is 8.68. The molecule has 0 bridgehead atoms. The molecular weight excluding hydrogens is 397 g/mol. The van der Waals surface area contributed by atoms with Crippen LogP contribution in [-0.4, -0.2) is 35.5 Å². The average Bonchev–Trinajstić information content (AvgIpc) is 3.21. The average molecular weight is 417 g/mol. The number of benzene rings is 1. The fourth-order valence-electron chi connectivity index (χ4n) is 4.21. The minimum atomic E-state index is -4.49. The van der Waals surface area contributed by atoms with E-state index in [4.69, 9.17) is 14.5 Å². The van der Waals surface area contributed by atoms with Crippen molar-refractivity contribution in [2.75, 3.05) is 19.8 Å². The quantitative estimate of drug-likeness (QED) is 0.686. The lowest BCUT2D eigenvalue weighted by molar-refractivity contribution is -0.365. The van der Waals surface area contributed by atoms with Crippen LogP contribution < -0.4 is 9.72 Å². The SMILES string of the molecule is FC(F)(F)c1cc2c(/N=C3\c4ccccc4OC[C@H]3C3CCOCC3)[nH+]cnc2[nH]1. The number of para-hydroxylation sites is 1. The van der Waals surface area contributed by atoms with E-state index in [2.05, 4.69) is 15.0 Å². The van der Waals surface area contributed by atoms with Gasteiger partial charge in [0.05, 0.1) is 18.1 Å². The molecule has 6 nitrogen and oxygen atoms in total. The van der Waals surface area contributed by atoms with Gasteiger partial charge in [-0.3, -0.25) is 0 Å². The maximum Gasteiger partial charge on any atom is 0.431 e. The molecule has 3 aromatic rings. The zero-order chi connectivity index (χ0) is 20.7. The number of nitrogens with one attached hydrogen (secondary N) is 2. The highest BCUT2D eigenvalue weighted by Crippen LogP contribution is 2.37. The molecule has 2 aliphatic heterocycles. The fourth-order valence-corrected chi connectivity index (χ4v) is 4.21. The summed E-state index contributed by atoms with van der Waals surface area (Å²) in [5.74, 6) is 1.44. The summed E-state index contributed by atoms with van der Waals surface area (Å²) in [5.41, 5.74) is 0.982. The predicted molar refractivity (Wildman–Crippen MR) is 103 cm³/mol. The number of nitrogens with zero attached hydrogens (tertiary/aromatic N) is 2. The summed E-state index contributed by atoms with van der Waals surface area (Å²) in [7, 11) is 0. The Balaban J connectivity index is 1.64. The monoisotopic (exact) mass is 417 g/mol. The van der Waals surface area contributed by atoms with Crippen molar-refractivity contribution in [3.8, 4) is 5.75 Å². The first kappa shape index (κ1) is 19.0. The van der Waals surface area contributed by atoms with Gasteiger partial charge in [-0.1, -0.05) is 17.1 Å². The summed E-state index contributed by atoms with van der Waals surface area (Å²) in [5, 5.41) is 0.298. The third kappa shape index (κ3) is 3.43.